The Morgan fingerprint density at radius 2 is 1.88 bits per heavy atom. The molecule has 1 aromatic heterocycles. The zero-order valence-corrected chi connectivity index (χ0v) is 11.4. The van der Waals surface area contributed by atoms with Crippen LogP contribution in [0, 0.1) is 12.3 Å². The van der Waals surface area contributed by atoms with Gasteiger partial charge in [-0.15, -0.1) is 11.3 Å². The van der Waals surface area contributed by atoms with Crippen molar-refractivity contribution in [3.8, 4) is 0 Å². The van der Waals surface area contributed by atoms with Gasteiger partial charge in [0.25, 0.3) is 0 Å². The second-order valence-electron chi connectivity index (χ2n) is 5.96. The van der Waals surface area contributed by atoms with Gasteiger partial charge in [0.15, 0.2) is 0 Å². The monoisotopic (exact) mass is 238 g/mol. The maximum atomic E-state index is 10.8. The summed E-state index contributed by atoms with van der Waals surface area (Å²) in [5.41, 5.74) is -0.149. The van der Waals surface area contributed by atoms with Crippen LogP contribution in [0.15, 0.2) is 12.1 Å². The molecule has 2 heteroatoms. The van der Waals surface area contributed by atoms with Gasteiger partial charge in [-0.25, -0.2) is 0 Å². The summed E-state index contributed by atoms with van der Waals surface area (Å²) >= 11 is 1.75. The second-order valence-corrected chi connectivity index (χ2v) is 7.25. The number of hydrogen-bond acceptors (Lipinski definition) is 2. The molecule has 1 saturated carbocycles. The molecule has 1 nitrogen and oxygen atoms in total. The number of aliphatic hydroxyl groups is 1. The fraction of sp³-hybridized carbons (Fsp3) is 0.714. The molecule has 1 aromatic rings. The Kier molecular flexibility index (Phi) is 3.15. The van der Waals surface area contributed by atoms with E-state index in [1.54, 1.807) is 11.3 Å². The number of hydrogen-bond donors (Lipinski definition) is 1. The van der Waals surface area contributed by atoms with Crippen LogP contribution >= 0.6 is 11.3 Å². The highest BCUT2D eigenvalue weighted by Crippen LogP contribution is 2.44. The maximum absolute atomic E-state index is 10.8. The van der Waals surface area contributed by atoms with Crippen LogP contribution in [-0.2, 0) is 5.60 Å². The van der Waals surface area contributed by atoms with Crippen LogP contribution in [0.1, 0.15) is 55.7 Å². The quantitative estimate of drug-likeness (QED) is 0.726. The van der Waals surface area contributed by atoms with Crippen LogP contribution in [0.5, 0.6) is 0 Å². The van der Waals surface area contributed by atoms with Gasteiger partial charge in [-0.05, 0) is 56.6 Å². The third-order valence-corrected chi connectivity index (χ3v) is 5.05. The van der Waals surface area contributed by atoms with E-state index in [0.29, 0.717) is 5.41 Å². The first-order valence-corrected chi connectivity index (χ1v) is 7.02. The summed E-state index contributed by atoms with van der Waals surface area (Å²) in [5.74, 6) is 0. The van der Waals surface area contributed by atoms with Gasteiger partial charge in [-0.3, -0.25) is 0 Å². The molecule has 0 aliphatic heterocycles. The predicted octanol–water partition coefficient (Wildman–Crippen LogP) is 4.23. The van der Waals surface area contributed by atoms with Crippen molar-refractivity contribution in [2.75, 3.05) is 0 Å². The van der Waals surface area contributed by atoms with Crippen LogP contribution in [0.3, 0.4) is 0 Å². The lowest BCUT2D eigenvalue weighted by atomic mass is 9.84. The van der Waals surface area contributed by atoms with E-state index in [0.717, 1.165) is 25.7 Å². The summed E-state index contributed by atoms with van der Waals surface area (Å²) in [6, 6.07) is 4.23. The summed E-state index contributed by atoms with van der Waals surface area (Å²) in [6.07, 6.45) is 5.34. The molecule has 1 unspecified atom stereocenters. The van der Waals surface area contributed by atoms with Crippen LogP contribution < -0.4 is 0 Å². The first-order chi connectivity index (χ1) is 7.41. The minimum absolute atomic E-state index is 0.400. The molecule has 1 N–H and O–H groups in total. The van der Waals surface area contributed by atoms with Crippen molar-refractivity contribution >= 4 is 11.3 Å². The third-order valence-electron chi connectivity index (χ3n) is 3.86. The Balaban J connectivity index is 2.19. The average molecular weight is 238 g/mol. The van der Waals surface area contributed by atoms with Crippen molar-refractivity contribution in [3.05, 3.63) is 21.9 Å². The molecule has 0 radical (unpaired) electrons. The number of aryl methyl sites for hydroxylation is 1. The van der Waals surface area contributed by atoms with Crippen molar-refractivity contribution < 1.29 is 5.11 Å². The minimum Gasteiger partial charge on any atom is -0.384 e. The number of thiophene rings is 1. The van der Waals surface area contributed by atoms with E-state index in [-0.39, 0.29) is 0 Å². The Morgan fingerprint density at radius 1 is 1.12 bits per heavy atom. The van der Waals surface area contributed by atoms with Gasteiger partial charge < -0.3 is 5.11 Å². The molecule has 1 aliphatic carbocycles. The van der Waals surface area contributed by atoms with Gasteiger partial charge in [0, 0.05) is 9.75 Å². The summed E-state index contributed by atoms with van der Waals surface area (Å²) in [4.78, 5) is 2.47. The number of rotatable bonds is 1. The van der Waals surface area contributed by atoms with Crippen molar-refractivity contribution in [3.63, 3.8) is 0 Å². The molecule has 90 valence electrons. The fourth-order valence-electron chi connectivity index (χ4n) is 2.59. The van der Waals surface area contributed by atoms with Gasteiger partial charge in [0.1, 0.15) is 0 Å². The molecule has 1 aliphatic rings. The van der Waals surface area contributed by atoms with E-state index in [1.807, 2.05) is 0 Å². The first kappa shape index (κ1) is 12.1. The van der Waals surface area contributed by atoms with Gasteiger partial charge in [-0.2, -0.15) is 0 Å². The van der Waals surface area contributed by atoms with Crippen molar-refractivity contribution in [2.24, 2.45) is 5.41 Å². The highest BCUT2D eigenvalue weighted by molar-refractivity contribution is 7.12. The molecule has 1 atom stereocenters. The van der Waals surface area contributed by atoms with E-state index < -0.39 is 5.60 Å². The molecule has 0 aromatic carbocycles. The van der Waals surface area contributed by atoms with Gasteiger partial charge >= 0.3 is 0 Å². The summed E-state index contributed by atoms with van der Waals surface area (Å²) in [5, 5.41) is 10.8. The summed E-state index contributed by atoms with van der Waals surface area (Å²) in [6.45, 7) is 6.75. The topological polar surface area (TPSA) is 20.2 Å². The van der Waals surface area contributed by atoms with Gasteiger partial charge in [0.05, 0.1) is 5.60 Å². The smallest absolute Gasteiger partial charge is 0.0988 e. The molecule has 16 heavy (non-hydrogen) atoms. The molecule has 0 bridgehead atoms. The van der Waals surface area contributed by atoms with Crippen LogP contribution in [-0.4, -0.2) is 5.11 Å². The van der Waals surface area contributed by atoms with Gasteiger partial charge in [0.2, 0.25) is 0 Å². The van der Waals surface area contributed by atoms with E-state index in [2.05, 4.69) is 32.9 Å². The largest absolute Gasteiger partial charge is 0.384 e. The molecular weight excluding hydrogens is 216 g/mol. The average Bonchev–Trinajstić information content (AvgIpc) is 2.57. The third kappa shape index (κ3) is 2.49. The molecule has 1 fully saturated rings. The van der Waals surface area contributed by atoms with E-state index in [4.69, 9.17) is 0 Å². The van der Waals surface area contributed by atoms with Crippen LogP contribution in [0.2, 0.25) is 0 Å². The van der Waals surface area contributed by atoms with Crippen molar-refractivity contribution in [1.29, 1.82) is 0 Å². The lowest BCUT2D eigenvalue weighted by molar-refractivity contribution is 0.0216. The van der Waals surface area contributed by atoms with E-state index in [9.17, 15) is 5.11 Å². The SMILES string of the molecule is Cc1ccc(C2(O)CCCC(C)(C)CC2)s1. The first-order valence-electron chi connectivity index (χ1n) is 6.21. The van der Waals surface area contributed by atoms with Crippen molar-refractivity contribution in [2.45, 2.75) is 58.5 Å². The Bertz CT molecular complexity index is 367. The second kappa shape index (κ2) is 4.15. The Morgan fingerprint density at radius 3 is 2.50 bits per heavy atom. The molecule has 0 amide bonds. The highest BCUT2D eigenvalue weighted by Gasteiger charge is 2.35. The van der Waals surface area contributed by atoms with Crippen LogP contribution in [0.25, 0.3) is 0 Å². The van der Waals surface area contributed by atoms with Gasteiger partial charge in [-0.1, -0.05) is 13.8 Å². The Labute approximate surface area is 103 Å². The molecule has 0 spiro atoms. The molecule has 1 heterocycles. The predicted molar refractivity (Wildman–Crippen MR) is 69.8 cm³/mol. The van der Waals surface area contributed by atoms with Crippen LogP contribution in [0.4, 0.5) is 0 Å². The lowest BCUT2D eigenvalue weighted by Gasteiger charge is -2.26. The molecular formula is C14H22OS. The summed E-state index contributed by atoms with van der Waals surface area (Å²) < 4.78 is 0. The standard InChI is InChI=1S/C14H22OS/c1-11-5-6-12(16-11)14(15)8-4-7-13(2,3)9-10-14/h5-6,15H,4,7-10H2,1-3H3. The highest BCUT2D eigenvalue weighted by atomic mass is 32.1. The fourth-order valence-corrected chi connectivity index (χ4v) is 3.60. The molecule has 2 rings (SSSR count). The zero-order valence-electron chi connectivity index (χ0n) is 10.5. The maximum Gasteiger partial charge on any atom is 0.0988 e. The van der Waals surface area contributed by atoms with E-state index in [1.165, 1.54) is 16.2 Å². The minimum atomic E-state index is -0.549. The Hall–Kier alpha value is -0.340. The van der Waals surface area contributed by atoms with Crippen molar-refractivity contribution in [1.82, 2.24) is 0 Å². The van der Waals surface area contributed by atoms with E-state index >= 15 is 0 Å². The lowest BCUT2D eigenvalue weighted by Crippen LogP contribution is -2.23. The molecule has 0 saturated heterocycles. The summed E-state index contributed by atoms with van der Waals surface area (Å²) in [7, 11) is 0. The zero-order chi connectivity index (χ0) is 11.8. The normalized spacial score (nSPS) is 30.0.